The summed E-state index contributed by atoms with van der Waals surface area (Å²) in [5, 5.41) is 2.60. The number of aryl methyl sites for hydroxylation is 1. The molecule has 0 N–H and O–H groups in total. The minimum absolute atomic E-state index is 0. The smallest absolute Gasteiger partial charge is 1.00 e. The Kier molecular flexibility index (Phi) is 14.1. The minimum atomic E-state index is -3.67. The molecule has 0 bridgehead atoms. The molecule has 1 aromatic heterocycles. The molecular formula is C18H17AuBClF5NP+. The Morgan fingerprint density at radius 1 is 0.821 bits per heavy atom. The van der Waals surface area contributed by atoms with Crippen molar-refractivity contribution in [3.63, 3.8) is 0 Å². The Bertz CT molecular complexity index is 760. The summed E-state index contributed by atoms with van der Waals surface area (Å²) in [6, 6.07) is 24.4. The molecule has 0 aliphatic heterocycles. The topological polar surface area (TPSA) is 3.88 Å². The van der Waals surface area contributed by atoms with Crippen molar-refractivity contribution < 1.29 is 46.6 Å². The number of aromatic nitrogens is 1. The van der Waals surface area contributed by atoms with Gasteiger partial charge in [0.25, 0.3) is 0 Å². The van der Waals surface area contributed by atoms with Gasteiger partial charge in [0.15, 0.2) is 13.7 Å². The molecule has 1 nitrogen and oxygen atoms in total. The van der Waals surface area contributed by atoms with Crippen LogP contribution in [0.15, 0.2) is 79.0 Å². The van der Waals surface area contributed by atoms with Gasteiger partial charge in [0.2, 0.25) is 6.20 Å². The molecule has 3 rings (SSSR count). The van der Waals surface area contributed by atoms with Crippen molar-refractivity contribution >= 4 is 40.7 Å². The van der Waals surface area contributed by atoms with Crippen LogP contribution in [0.3, 0.4) is 0 Å². The van der Waals surface area contributed by atoms with E-state index in [4.69, 9.17) is 0 Å². The zero-order valence-corrected chi connectivity index (χ0v) is 18.5. The first-order valence-electron chi connectivity index (χ1n) is 7.66. The fourth-order valence-corrected chi connectivity index (χ4v) is 5.15. The zero-order valence-electron chi connectivity index (χ0n) is 14.6. The van der Waals surface area contributed by atoms with Gasteiger partial charge in [-0.05, 0) is 30.3 Å². The van der Waals surface area contributed by atoms with Crippen molar-refractivity contribution in [2.24, 2.45) is 7.05 Å². The van der Waals surface area contributed by atoms with Crippen LogP contribution in [0.2, 0.25) is 0 Å². The average Bonchev–Trinajstić information content (AvgIpc) is 2.67. The Hall–Kier alpha value is -1.23. The summed E-state index contributed by atoms with van der Waals surface area (Å²) in [4.78, 5) is 0. The van der Waals surface area contributed by atoms with Gasteiger partial charge in [-0.25, -0.2) is 4.39 Å². The van der Waals surface area contributed by atoms with Crippen molar-refractivity contribution in [3.8, 4) is 0 Å². The summed E-state index contributed by atoms with van der Waals surface area (Å²) >= 11 is 1.75. The molecule has 0 aliphatic carbocycles. The summed E-state index contributed by atoms with van der Waals surface area (Å²) in [7, 11) is 1.70. The third-order valence-corrected chi connectivity index (χ3v) is 6.33. The predicted octanol–water partition coefficient (Wildman–Crippen LogP) is 0.711. The third kappa shape index (κ3) is 8.85. The van der Waals surface area contributed by atoms with Gasteiger partial charge in [0.1, 0.15) is 17.7 Å². The number of pyridine rings is 1. The largest absolute Gasteiger partial charge is 1.00 e. The average molecular weight is 617 g/mol. The monoisotopic (exact) mass is 616 g/mol. The Morgan fingerprint density at radius 2 is 1.21 bits per heavy atom. The van der Waals surface area contributed by atoms with Crippen LogP contribution < -0.4 is 25.3 Å². The van der Waals surface area contributed by atoms with E-state index in [1.807, 2.05) is 29.8 Å². The fraction of sp³-hybridized carbons (Fsp3) is 0.0556. The standard InChI is InChI=1S/C18H16FNP.Au.BF3.ClH.FH/c1-20-14-15(19)12-13-18(20)21(16-8-4-2-5-9-16)17-10-6-3-7-11-17;;2-1(3)4;;/h2-14H,1H3;;;2*1H/q2*+1;;;/p-1. The van der Waals surface area contributed by atoms with Gasteiger partial charge in [-0.3, -0.25) is 12.9 Å². The molecule has 0 saturated heterocycles. The van der Waals surface area contributed by atoms with Crippen LogP contribution in [0.1, 0.15) is 0 Å². The first-order valence-corrected chi connectivity index (χ1v) is 11.8. The first kappa shape index (κ1) is 26.8. The number of halogens is 6. The third-order valence-electron chi connectivity index (χ3n) is 3.48. The second kappa shape index (κ2) is 14.7. The van der Waals surface area contributed by atoms with Gasteiger partial charge in [-0.1, -0.05) is 36.4 Å². The van der Waals surface area contributed by atoms with Crippen LogP contribution in [0.4, 0.5) is 17.3 Å². The van der Waals surface area contributed by atoms with E-state index in [-0.39, 0.29) is 10.5 Å². The van der Waals surface area contributed by atoms with Crippen molar-refractivity contribution in [2.45, 2.75) is 0 Å². The summed E-state index contributed by atoms with van der Waals surface area (Å²) in [6.45, 7) is 0. The number of hydrogen-bond acceptors (Lipinski definition) is 0. The quantitative estimate of drug-likeness (QED) is 0.177. The van der Waals surface area contributed by atoms with Crippen molar-refractivity contribution in [1.29, 1.82) is 0 Å². The van der Waals surface area contributed by atoms with E-state index in [1.54, 1.807) is 32.2 Å². The van der Waals surface area contributed by atoms with E-state index in [1.165, 1.54) is 16.0 Å². The van der Waals surface area contributed by atoms with Gasteiger partial charge in [-0.15, -0.1) is 0 Å². The summed E-state index contributed by atoms with van der Waals surface area (Å²) in [6.07, 6.45) is 1.55. The van der Waals surface area contributed by atoms with E-state index in [9.17, 15) is 17.3 Å². The van der Waals surface area contributed by atoms with Crippen molar-refractivity contribution in [2.75, 3.05) is 0 Å². The van der Waals surface area contributed by atoms with E-state index >= 15 is 0 Å². The molecule has 0 radical (unpaired) electrons. The van der Waals surface area contributed by atoms with Gasteiger partial charge < -0.3 is 4.70 Å². The molecule has 1 heterocycles. The molecule has 10 heteroatoms. The maximum Gasteiger partial charge on any atom is -1.00 e. The zero-order chi connectivity index (χ0) is 20.2. The Labute approximate surface area is 178 Å². The number of benzene rings is 2. The molecule has 3 aromatic rings. The minimum Gasteiger partial charge on any atom is -1.00 e. The molecule has 0 saturated carbocycles. The van der Waals surface area contributed by atoms with Crippen molar-refractivity contribution in [3.05, 3.63) is 84.8 Å². The van der Waals surface area contributed by atoms with E-state index in [2.05, 4.69) is 57.7 Å². The van der Waals surface area contributed by atoms with Crippen LogP contribution in [0.5, 0.6) is 0 Å². The van der Waals surface area contributed by atoms with Crippen LogP contribution >= 0.6 is 17.1 Å². The predicted molar refractivity (Wildman–Crippen MR) is 103 cm³/mol. The van der Waals surface area contributed by atoms with Gasteiger partial charge >= 0.3 is 42.2 Å². The number of rotatable bonds is 3. The molecule has 28 heavy (non-hydrogen) atoms. The van der Waals surface area contributed by atoms with Crippen LogP contribution in [0.25, 0.3) is 0 Å². The molecule has 2 aromatic carbocycles. The van der Waals surface area contributed by atoms with E-state index in [0.717, 1.165) is 0 Å². The molecule has 154 valence electrons. The first-order chi connectivity index (χ1) is 13.0. The van der Waals surface area contributed by atoms with Gasteiger partial charge in [0, 0.05) is 0 Å². The number of hydrogen-bond donors (Lipinski definition) is 0. The molecule has 0 aliphatic rings. The van der Waals surface area contributed by atoms with E-state index in [0.29, 0.717) is 0 Å². The number of nitrogens with zero attached hydrogens (tertiary/aromatic N) is 1. The van der Waals surface area contributed by atoms with E-state index < -0.39 is 15.5 Å². The van der Waals surface area contributed by atoms with Crippen LogP contribution in [0, 0.1) is 5.82 Å². The van der Waals surface area contributed by atoms with Crippen LogP contribution in [-0.4, -0.2) is 7.54 Å². The molecule has 0 spiro atoms. The maximum absolute atomic E-state index is 13.4. The fourth-order valence-electron chi connectivity index (χ4n) is 2.51. The molecule has 0 fully saturated rings. The van der Waals surface area contributed by atoms with Crippen LogP contribution in [-0.2, 0) is 27.0 Å². The molecule has 0 amide bonds. The second-order valence-electron chi connectivity index (χ2n) is 5.20. The van der Waals surface area contributed by atoms with Gasteiger partial charge in [-0.2, -0.15) is 4.57 Å². The second-order valence-corrected chi connectivity index (χ2v) is 7.61. The SMILES string of the molecule is C[n+]1cc(F)ccc1[PH+](c1ccccc1)c1ccccc1.FB(F)F.[Cl][Au].[F-]. The Balaban J connectivity index is 0.000000931. The molecule has 0 atom stereocenters. The van der Waals surface area contributed by atoms with Crippen molar-refractivity contribution in [1.82, 2.24) is 0 Å². The maximum atomic E-state index is 13.4. The molecule has 0 unspecified atom stereocenters. The normalized spacial score (nSPS) is 9.32. The Morgan fingerprint density at radius 3 is 1.57 bits per heavy atom. The summed E-state index contributed by atoms with van der Waals surface area (Å²) < 4.78 is 44.3. The van der Waals surface area contributed by atoms with Gasteiger partial charge in [0.05, 0.1) is 6.07 Å². The summed E-state index contributed by atoms with van der Waals surface area (Å²) in [5.74, 6) is -0.205. The summed E-state index contributed by atoms with van der Waals surface area (Å²) in [5.41, 5.74) is 1.17. The molecular weight excluding hydrogens is 599 g/mol.